The number of rotatable bonds is 6. The quantitative estimate of drug-likeness (QED) is 0.377. The van der Waals surface area contributed by atoms with Crippen LogP contribution in [0.25, 0.3) is 10.8 Å². The SMILES string of the molecule is C=CCCCCSc1ccc2ccccc2c1. The van der Waals surface area contributed by atoms with E-state index in [0.717, 1.165) is 6.42 Å². The highest BCUT2D eigenvalue weighted by Gasteiger charge is 1.96. The van der Waals surface area contributed by atoms with E-state index in [1.807, 2.05) is 17.8 Å². The second-order valence-electron chi connectivity index (χ2n) is 4.14. The predicted molar refractivity (Wildman–Crippen MR) is 78.7 cm³/mol. The van der Waals surface area contributed by atoms with E-state index in [4.69, 9.17) is 0 Å². The van der Waals surface area contributed by atoms with Crippen molar-refractivity contribution in [3.05, 3.63) is 55.1 Å². The van der Waals surface area contributed by atoms with E-state index in [0.29, 0.717) is 0 Å². The summed E-state index contributed by atoms with van der Waals surface area (Å²) in [6, 6.07) is 15.2. The molecule has 0 atom stereocenters. The highest BCUT2D eigenvalue weighted by atomic mass is 32.2. The van der Waals surface area contributed by atoms with Gasteiger partial charge in [-0.05, 0) is 47.9 Å². The van der Waals surface area contributed by atoms with Crippen LogP contribution in [0.2, 0.25) is 0 Å². The molecule has 0 saturated heterocycles. The van der Waals surface area contributed by atoms with E-state index in [2.05, 4.69) is 49.0 Å². The van der Waals surface area contributed by atoms with Crippen LogP contribution in [0.4, 0.5) is 0 Å². The summed E-state index contributed by atoms with van der Waals surface area (Å²) < 4.78 is 0. The Labute approximate surface area is 108 Å². The van der Waals surface area contributed by atoms with Crippen LogP contribution in [-0.2, 0) is 0 Å². The molecule has 2 rings (SSSR count). The molecule has 0 radical (unpaired) electrons. The van der Waals surface area contributed by atoms with Gasteiger partial charge in [-0.2, -0.15) is 0 Å². The highest BCUT2D eigenvalue weighted by Crippen LogP contribution is 2.24. The molecular formula is C16H18S. The average Bonchev–Trinajstić information content (AvgIpc) is 2.38. The van der Waals surface area contributed by atoms with E-state index in [1.165, 1.54) is 34.3 Å². The maximum Gasteiger partial charge on any atom is 0.00783 e. The van der Waals surface area contributed by atoms with Crippen molar-refractivity contribution >= 4 is 22.5 Å². The number of benzene rings is 2. The molecule has 2 aromatic rings. The van der Waals surface area contributed by atoms with Crippen LogP contribution >= 0.6 is 11.8 Å². The molecule has 0 aromatic heterocycles. The van der Waals surface area contributed by atoms with Crippen molar-refractivity contribution in [1.82, 2.24) is 0 Å². The van der Waals surface area contributed by atoms with Crippen molar-refractivity contribution in [2.45, 2.75) is 24.2 Å². The normalized spacial score (nSPS) is 10.6. The summed E-state index contributed by atoms with van der Waals surface area (Å²) >= 11 is 1.95. The van der Waals surface area contributed by atoms with Crippen molar-refractivity contribution < 1.29 is 0 Å². The number of hydrogen-bond acceptors (Lipinski definition) is 1. The van der Waals surface area contributed by atoms with Gasteiger partial charge in [0, 0.05) is 4.90 Å². The Hall–Kier alpha value is -1.21. The van der Waals surface area contributed by atoms with Gasteiger partial charge in [0.25, 0.3) is 0 Å². The van der Waals surface area contributed by atoms with Gasteiger partial charge in [-0.3, -0.25) is 0 Å². The van der Waals surface area contributed by atoms with Crippen LogP contribution in [0.5, 0.6) is 0 Å². The lowest BCUT2D eigenvalue weighted by Gasteiger charge is -2.03. The standard InChI is InChI=1S/C16H18S/c1-2-3-4-7-12-17-16-11-10-14-8-5-6-9-15(14)13-16/h2,5-6,8-11,13H,1,3-4,7,12H2. The number of fused-ring (bicyclic) bond motifs is 1. The van der Waals surface area contributed by atoms with E-state index in [1.54, 1.807) is 0 Å². The van der Waals surface area contributed by atoms with Gasteiger partial charge in [-0.25, -0.2) is 0 Å². The first-order valence-electron chi connectivity index (χ1n) is 6.12. The molecule has 0 unspecified atom stereocenters. The molecule has 0 aliphatic rings. The van der Waals surface area contributed by atoms with Crippen molar-refractivity contribution in [3.63, 3.8) is 0 Å². The average molecular weight is 242 g/mol. The maximum atomic E-state index is 3.74. The summed E-state index contributed by atoms with van der Waals surface area (Å²) in [6.45, 7) is 3.74. The van der Waals surface area contributed by atoms with Gasteiger partial charge in [0.05, 0.1) is 0 Å². The van der Waals surface area contributed by atoms with Gasteiger partial charge in [-0.15, -0.1) is 18.3 Å². The summed E-state index contributed by atoms with van der Waals surface area (Å²) in [5, 5.41) is 2.66. The van der Waals surface area contributed by atoms with E-state index < -0.39 is 0 Å². The third-order valence-electron chi connectivity index (χ3n) is 2.79. The number of thioether (sulfide) groups is 1. The number of hydrogen-bond donors (Lipinski definition) is 0. The molecule has 0 aliphatic heterocycles. The number of allylic oxidation sites excluding steroid dienone is 1. The second-order valence-corrected chi connectivity index (χ2v) is 5.31. The van der Waals surface area contributed by atoms with Crippen molar-refractivity contribution in [3.8, 4) is 0 Å². The summed E-state index contributed by atoms with van der Waals surface area (Å²) in [5.74, 6) is 1.20. The second kappa shape index (κ2) is 6.51. The van der Waals surface area contributed by atoms with Crippen molar-refractivity contribution in [1.29, 1.82) is 0 Å². The Kier molecular flexibility index (Phi) is 4.69. The van der Waals surface area contributed by atoms with Crippen LogP contribution in [0.1, 0.15) is 19.3 Å². The summed E-state index contributed by atoms with van der Waals surface area (Å²) in [6.07, 6.45) is 5.66. The fourth-order valence-electron chi connectivity index (χ4n) is 1.84. The minimum absolute atomic E-state index is 1.14. The molecule has 0 amide bonds. The topological polar surface area (TPSA) is 0 Å². The Morgan fingerprint density at radius 3 is 2.65 bits per heavy atom. The van der Waals surface area contributed by atoms with Crippen molar-refractivity contribution in [2.75, 3.05) is 5.75 Å². The maximum absolute atomic E-state index is 3.74. The predicted octanol–water partition coefficient (Wildman–Crippen LogP) is 5.29. The Morgan fingerprint density at radius 2 is 1.82 bits per heavy atom. The highest BCUT2D eigenvalue weighted by molar-refractivity contribution is 7.99. The third kappa shape index (κ3) is 3.64. The number of unbranched alkanes of at least 4 members (excludes halogenated alkanes) is 2. The van der Waals surface area contributed by atoms with Crippen LogP contribution < -0.4 is 0 Å². The minimum atomic E-state index is 1.14. The molecule has 1 heteroatoms. The van der Waals surface area contributed by atoms with Crippen molar-refractivity contribution in [2.24, 2.45) is 0 Å². The first kappa shape index (κ1) is 12.3. The molecule has 0 nitrogen and oxygen atoms in total. The zero-order valence-electron chi connectivity index (χ0n) is 10.1. The van der Waals surface area contributed by atoms with Crippen LogP contribution in [-0.4, -0.2) is 5.75 Å². The van der Waals surface area contributed by atoms with Gasteiger partial charge in [-0.1, -0.05) is 36.4 Å². The largest absolute Gasteiger partial charge is 0.126 e. The molecule has 0 heterocycles. The van der Waals surface area contributed by atoms with Gasteiger partial charge in [0.1, 0.15) is 0 Å². The lowest BCUT2D eigenvalue weighted by Crippen LogP contribution is -1.81. The fraction of sp³-hybridized carbons (Fsp3) is 0.250. The monoisotopic (exact) mass is 242 g/mol. The van der Waals surface area contributed by atoms with Crippen LogP contribution in [0.3, 0.4) is 0 Å². The van der Waals surface area contributed by atoms with E-state index in [9.17, 15) is 0 Å². The smallest absolute Gasteiger partial charge is 0.00783 e. The molecule has 0 saturated carbocycles. The zero-order chi connectivity index (χ0) is 11.9. The molecule has 0 aliphatic carbocycles. The summed E-state index contributed by atoms with van der Waals surface area (Å²) in [4.78, 5) is 1.38. The third-order valence-corrected chi connectivity index (χ3v) is 3.87. The van der Waals surface area contributed by atoms with Crippen LogP contribution in [0, 0.1) is 0 Å². The van der Waals surface area contributed by atoms with Gasteiger partial charge in [0.15, 0.2) is 0 Å². The molecule has 0 fully saturated rings. The molecule has 17 heavy (non-hydrogen) atoms. The first-order chi connectivity index (χ1) is 8.40. The molecule has 0 bridgehead atoms. The van der Waals surface area contributed by atoms with Gasteiger partial charge in [0.2, 0.25) is 0 Å². The fourth-order valence-corrected chi connectivity index (χ4v) is 2.80. The molecular weight excluding hydrogens is 224 g/mol. The summed E-state index contributed by atoms with van der Waals surface area (Å²) in [5.41, 5.74) is 0. The molecule has 0 N–H and O–H groups in total. The van der Waals surface area contributed by atoms with Gasteiger partial charge < -0.3 is 0 Å². The van der Waals surface area contributed by atoms with E-state index >= 15 is 0 Å². The molecule has 0 spiro atoms. The molecule has 88 valence electrons. The lowest BCUT2D eigenvalue weighted by atomic mass is 10.1. The lowest BCUT2D eigenvalue weighted by molar-refractivity contribution is 0.824. The Morgan fingerprint density at radius 1 is 1.00 bits per heavy atom. The van der Waals surface area contributed by atoms with Crippen LogP contribution in [0.15, 0.2) is 60.0 Å². The van der Waals surface area contributed by atoms with Gasteiger partial charge >= 0.3 is 0 Å². The first-order valence-corrected chi connectivity index (χ1v) is 7.11. The Balaban J connectivity index is 1.92. The minimum Gasteiger partial charge on any atom is -0.126 e. The summed E-state index contributed by atoms with van der Waals surface area (Å²) in [7, 11) is 0. The zero-order valence-corrected chi connectivity index (χ0v) is 10.9. The Bertz CT molecular complexity index is 488. The van der Waals surface area contributed by atoms with E-state index in [-0.39, 0.29) is 0 Å². The molecule has 2 aromatic carbocycles.